The number of rotatable bonds is 2. The second-order valence-corrected chi connectivity index (χ2v) is 4.04. The Labute approximate surface area is 86.2 Å². The van der Waals surface area contributed by atoms with E-state index < -0.39 is 5.51 Å². The van der Waals surface area contributed by atoms with Gasteiger partial charge in [0.05, 0.1) is 0 Å². The van der Waals surface area contributed by atoms with Gasteiger partial charge in [-0.1, -0.05) is 11.8 Å². The molecule has 80 valence electrons. The van der Waals surface area contributed by atoms with Gasteiger partial charge in [-0.3, -0.25) is 0 Å². The molecule has 1 fully saturated rings. The molecule has 0 aliphatic carbocycles. The van der Waals surface area contributed by atoms with Crippen molar-refractivity contribution in [2.75, 3.05) is 18.8 Å². The van der Waals surface area contributed by atoms with Crippen molar-refractivity contribution in [3.8, 4) is 0 Å². The first-order valence-electron chi connectivity index (χ1n) is 3.99. The maximum absolute atomic E-state index is 11.8. The smallest absolute Gasteiger partial charge is 0.317 e. The van der Waals surface area contributed by atoms with Gasteiger partial charge < -0.3 is 5.32 Å². The highest BCUT2D eigenvalue weighted by atomic mass is 35.5. The van der Waals surface area contributed by atoms with Gasteiger partial charge in [-0.15, -0.1) is 12.4 Å². The molecule has 0 saturated carbocycles. The Morgan fingerprint density at radius 1 is 1.23 bits per heavy atom. The molecule has 1 aliphatic heterocycles. The summed E-state index contributed by atoms with van der Waals surface area (Å²) in [6.45, 7) is 1.73. The van der Waals surface area contributed by atoms with Gasteiger partial charge in [-0.25, -0.2) is 0 Å². The van der Waals surface area contributed by atoms with Crippen LogP contribution in [0, 0.1) is 5.92 Å². The van der Waals surface area contributed by atoms with E-state index in [0.29, 0.717) is 0 Å². The number of hydrogen-bond donors (Lipinski definition) is 1. The van der Waals surface area contributed by atoms with Crippen molar-refractivity contribution in [2.45, 2.75) is 18.3 Å². The zero-order valence-electron chi connectivity index (χ0n) is 7.06. The SMILES string of the molecule is Cl.FC(F)(F)SCC1CCNCC1. The van der Waals surface area contributed by atoms with Crippen LogP contribution in [-0.2, 0) is 0 Å². The monoisotopic (exact) mass is 235 g/mol. The molecule has 0 unspecified atom stereocenters. The van der Waals surface area contributed by atoms with E-state index in [9.17, 15) is 13.2 Å². The van der Waals surface area contributed by atoms with Crippen LogP contribution < -0.4 is 5.32 Å². The summed E-state index contributed by atoms with van der Waals surface area (Å²) in [6.07, 6.45) is 1.76. The van der Waals surface area contributed by atoms with Gasteiger partial charge in [0.1, 0.15) is 0 Å². The van der Waals surface area contributed by atoms with Crippen molar-refractivity contribution in [3.63, 3.8) is 0 Å². The summed E-state index contributed by atoms with van der Waals surface area (Å²) in [5.74, 6) is 0.475. The molecule has 0 radical (unpaired) electrons. The van der Waals surface area contributed by atoms with E-state index in [-0.39, 0.29) is 35.8 Å². The van der Waals surface area contributed by atoms with Crippen LogP contribution in [0.15, 0.2) is 0 Å². The van der Waals surface area contributed by atoms with Crippen molar-refractivity contribution < 1.29 is 13.2 Å². The molecule has 1 N–H and O–H groups in total. The predicted molar refractivity (Wildman–Crippen MR) is 51.4 cm³/mol. The second kappa shape index (κ2) is 5.98. The third-order valence-electron chi connectivity index (χ3n) is 1.94. The average molecular weight is 236 g/mol. The Hall–Kier alpha value is 0.390. The zero-order chi connectivity index (χ0) is 9.03. The molecule has 1 saturated heterocycles. The van der Waals surface area contributed by atoms with Crippen molar-refractivity contribution in [2.24, 2.45) is 5.92 Å². The number of nitrogens with one attached hydrogen (secondary N) is 1. The lowest BCUT2D eigenvalue weighted by molar-refractivity contribution is -0.0330. The van der Waals surface area contributed by atoms with E-state index >= 15 is 0 Å². The molecule has 6 heteroatoms. The summed E-state index contributed by atoms with van der Waals surface area (Å²) >= 11 is 0.112. The molecule has 1 nitrogen and oxygen atoms in total. The zero-order valence-corrected chi connectivity index (χ0v) is 8.70. The van der Waals surface area contributed by atoms with Gasteiger partial charge in [0.25, 0.3) is 0 Å². The molecular formula is C7H13ClF3NS. The third-order valence-corrected chi connectivity index (χ3v) is 2.91. The molecule has 0 aromatic rings. The molecule has 1 aliphatic rings. The highest BCUT2D eigenvalue weighted by Gasteiger charge is 2.29. The quantitative estimate of drug-likeness (QED) is 0.790. The lowest BCUT2D eigenvalue weighted by Crippen LogP contribution is -2.29. The standard InChI is InChI=1S/C7H12F3NS.ClH/c8-7(9,10)12-5-6-1-3-11-4-2-6;/h6,11H,1-5H2;1H. The fraction of sp³-hybridized carbons (Fsp3) is 1.00. The number of thioether (sulfide) groups is 1. The summed E-state index contributed by atoms with van der Waals surface area (Å²) in [5, 5.41) is 3.12. The molecule has 0 aromatic carbocycles. The van der Waals surface area contributed by atoms with Crippen LogP contribution in [0.4, 0.5) is 13.2 Å². The molecule has 0 bridgehead atoms. The van der Waals surface area contributed by atoms with E-state index in [1.807, 2.05) is 0 Å². The molecule has 1 rings (SSSR count). The first-order chi connectivity index (χ1) is 5.58. The van der Waals surface area contributed by atoms with E-state index in [1.54, 1.807) is 0 Å². The maximum atomic E-state index is 11.8. The van der Waals surface area contributed by atoms with E-state index in [4.69, 9.17) is 0 Å². The topological polar surface area (TPSA) is 12.0 Å². The molecule has 1 heterocycles. The Bertz CT molecular complexity index is 136. The minimum absolute atomic E-state index is 0. The molecule has 0 atom stereocenters. The Morgan fingerprint density at radius 2 is 1.77 bits per heavy atom. The second-order valence-electron chi connectivity index (χ2n) is 2.95. The summed E-state index contributed by atoms with van der Waals surface area (Å²) in [7, 11) is 0. The van der Waals surface area contributed by atoms with Crippen LogP contribution >= 0.6 is 24.2 Å². The lowest BCUT2D eigenvalue weighted by Gasteiger charge is -2.22. The number of hydrogen-bond acceptors (Lipinski definition) is 2. The van der Waals surface area contributed by atoms with E-state index in [0.717, 1.165) is 25.9 Å². The average Bonchev–Trinajstić information content (AvgIpc) is 2.02. The molecule has 0 spiro atoms. The Balaban J connectivity index is 0.00000144. The third kappa shape index (κ3) is 6.46. The predicted octanol–water partition coefficient (Wildman–Crippen LogP) is 2.66. The summed E-state index contributed by atoms with van der Waals surface area (Å²) in [5.41, 5.74) is -4.05. The summed E-state index contributed by atoms with van der Waals surface area (Å²) in [6, 6.07) is 0. The van der Waals surface area contributed by atoms with Gasteiger partial charge in [-0.05, 0) is 31.8 Å². The highest BCUT2D eigenvalue weighted by Crippen LogP contribution is 2.33. The van der Waals surface area contributed by atoms with Gasteiger partial charge in [0, 0.05) is 5.75 Å². The lowest BCUT2D eigenvalue weighted by atomic mass is 10.0. The first kappa shape index (κ1) is 13.4. The van der Waals surface area contributed by atoms with Crippen molar-refractivity contribution in [1.82, 2.24) is 5.32 Å². The summed E-state index contributed by atoms with van der Waals surface area (Å²) in [4.78, 5) is 0. The fourth-order valence-corrected chi connectivity index (χ4v) is 2.02. The van der Waals surface area contributed by atoms with Gasteiger partial charge in [0.15, 0.2) is 0 Å². The van der Waals surface area contributed by atoms with Crippen LogP contribution in [0.2, 0.25) is 0 Å². The van der Waals surface area contributed by atoms with Crippen LogP contribution in [-0.4, -0.2) is 24.4 Å². The Kier molecular flexibility index (Phi) is 6.16. The molecule has 13 heavy (non-hydrogen) atoms. The minimum Gasteiger partial charge on any atom is -0.317 e. The maximum Gasteiger partial charge on any atom is 0.441 e. The van der Waals surface area contributed by atoms with E-state index in [1.165, 1.54) is 0 Å². The number of alkyl halides is 3. The van der Waals surface area contributed by atoms with Crippen molar-refractivity contribution in [3.05, 3.63) is 0 Å². The van der Waals surface area contributed by atoms with E-state index in [2.05, 4.69) is 5.32 Å². The van der Waals surface area contributed by atoms with Crippen LogP contribution in [0.25, 0.3) is 0 Å². The molecule has 0 amide bonds. The number of halogens is 4. The van der Waals surface area contributed by atoms with Crippen molar-refractivity contribution >= 4 is 24.2 Å². The van der Waals surface area contributed by atoms with Gasteiger partial charge >= 0.3 is 5.51 Å². The highest BCUT2D eigenvalue weighted by molar-refractivity contribution is 8.00. The Morgan fingerprint density at radius 3 is 2.23 bits per heavy atom. The molecule has 0 aromatic heterocycles. The summed E-state index contributed by atoms with van der Waals surface area (Å²) < 4.78 is 35.3. The number of piperidine rings is 1. The van der Waals surface area contributed by atoms with Crippen LogP contribution in [0.3, 0.4) is 0 Å². The fourth-order valence-electron chi connectivity index (χ4n) is 1.26. The van der Waals surface area contributed by atoms with Crippen LogP contribution in [0.5, 0.6) is 0 Å². The van der Waals surface area contributed by atoms with Crippen LogP contribution in [0.1, 0.15) is 12.8 Å². The largest absolute Gasteiger partial charge is 0.441 e. The normalized spacial score (nSPS) is 19.6. The van der Waals surface area contributed by atoms with Crippen molar-refractivity contribution in [1.29, 1.82) is 0 Å². The van der Waals surface area contributed by atoms with Gasteiger partial charge in [-0.2, -0.15) is 13.2 Å². The molecular weight excluding hydrogens is 223 g/mol. The first-order valence-corrected chi connectivity index (χ1v) is 4.98. The van der Waals surface area contributed by atoms with Gasteiger partial charge in [0.2, 0.25) is 0 Å². The minimum atomic E-state index is -4.05.